The first-order valence-corrected chi connectivity index (χ1v) is 5.01. The minimum Gasteiger partial charge on any atom is -0.350 e. The number of nitrogens with one attached hydrogen (secondary N) is 2. The van der Waals surface area contributed by atoms with E-state index >= 15 is 0 Å². The summed E-state index contributed by atoms with van der Waals surface area (Å²) in [6.07, 6.45) is 0.557. The topological polar surface area (TPSA) is 74.8 Å². The Kier molecular flexibility index (Phi) is 2.30. The second kappa shape index (κ2) is 3.49. The first-order chi connectivity index (χ1) is 7.09. The van der Waals surface area contributed by atoms with Crippen molar-refractivity contribution in [2.24, 2.45) is 0 Å². The Morgan fingerprint density at radius 3 is 2.73 bits per heavy atom. The van der Waals surface area contributed by atoms with E-state index in [-0.39, 0.29) is 23.1 Å². The molecule has 0 bridgehead atoms. The zero-order valence-electron chi connectivity index (χ0n) is 8.76. The van der Waals surface area contributed by atoms with Gasteiger partial charge in [0.1, 0.15) is 11.5 Å². The molecular weight excluding hydrogens is 194 g/mol. The maximum Gasteiger partial charge on any atom is 0.270 e. The van der Waals surface area contributed by atoms with Gasteiger partial charge in [0.05, 0.1) is 5.56 Å². The summed E-state index contributed by atoms with van der Waals surface area (Å²) in [5, 5.41) is 2.68. The molecule has 2 rings (SSSR count). The Bertz CT molecular complexity index is 462. The summed E-state index contributed by atoms with van der Waals surface area (Å²) in [6.45, 7) is 4.36. The van der Waals surface area contributed by atoms with Crippen LogP contribution in [-0.2, 0) is 6.42 Å². The second-order valence-electron chi connectivity index (χ2n) is 3.94. The van der Waals surface area contributed by atoms with Crippen LogP contribution in [0.4, 0.5) is 0 Å². The molecule has 0 aliphatic carbocycles. The zero-order chi connectivity index (χ0) is 11.0. The molecule has 0 saturated carbocycles. The van der Waals surface area contributed by atoms with Crippen LogP contribution < -0.4 is 10.9 Å². The molecule has 0 aromatic carbocycles. The Labute approximate surface area is 86.9 Å². The highest BCUT2D eigenvalue weighted by Crippen LogP contribution is 2.11. The van der Waals surface area contributed by atoms with Gasteiger partial charge in [-0.3, -0.25) is 9.59 Å². The van der Waals surface area contributed by atoms with E-state index in [1.807, 2.05) is 13.8 Å². The van der Waals surface area contributed by atoms with E-state index in [0.717, 1.165) is 0 Å². The summed E-state index contributed by atoms with van der Waals surface area (Å²) < 4.78 is 0. The number of carbonyl (C=O) groups excluding carboxylic acids is 1. The standard InChI is InChI=1S/C10H13N3O2/c1-5(2)8-12-7-6(9(14)13-8)3-4-11-10(7)15/h5H,3-4H2,1-2H3,(H,11,15)(H,12,13,14). The average Bonchev–Trinajstić information content (AvgIpc) is 2.19. The fourth-order valence-electron chi connectivity index (χ4n) is 1.59. The minimum absolute atomic E-state index is 0.109. The van der Waals surface area contributed by atoms with Crippen LogP contribution in [0.3, 0.4) is 0 Å². The predicted octanol–water partition coefficient (Wildman–Crippen LogP) is 0.179. The zero-order valence-corrected chi connectivity index (χ0v) is 8.76. The van der Waals surface area contributed by atoms with Crippen molar-refractivity contribution in [3.63, 3.8) is 0 Å². The Morgan fingerprint density at radius 1 is 1.33 bits per heavy atom. The lowest BCUT2D eigenvalue weighted by atomic mass is 10.1. The number of carbonyl (C=O) groups is 1. The molecule has 5 nitrogen and oxygen atoms in total. The molecule has 0 fully saturated rings. The van der Waals surface area contributed by atoms with E-state index < -0.39 is 0 Å². The Hall–Kier alpha value is -1.65. The highest BCUT2D eigenvalue weighted by atomic mass is 16.2. The van der Waals surface area contributed by atoms with Crippen LogP contribution in [-0.4, -0.2) is 22.4 Å². The molecule has 1 aromatic heterocycles. The van der Waals surface area contributed by atoms with Gasteiger partial charge in [-0.05, 0) is 6.42 Å². The van der Waals surface area contributed by atoms with Crippen LogP contribution in [0.1, 0.15) is 41.6 Å². The van der Waals surface area contributed by atoms with E-state index in [1.54, 1.807) is 0 Å². The van der Waals surface area contributed by atoms with Crippen LogP contribution in [0.15, 0.2) is 4.79 Å². The van der Waals surface area contributed by atoms with Crippen molar-refractivity contribution in [3.05, 3.63) is 27.4 Å². The summed E-state index contributed by atoms with van der Waals surface area (Å²) in [6, 6.07) is 0. The molecule has 2 N–H and O–H groups in total. The molecule has 5 heteroatoms. The van der Waals surface area contributed by atoms with Gasteiger partial charge in [-0.2, -0.15) is 0 Å². The number of hydrogen-bond acceptors (Lipinski definition) is 3. The normalized spacial score (nSPS) is 15.0. The Balaban J connectivity index is 2.62. The molecule has 1 aliphatic heterocycles. The van der Waals surface area contributed by atoms with Crippen molar-refractivity contribution in [2.45, 2.75) is 26.2 Å². The molecule has 0 saturated heterocycles. The first-order valence-electron chi connectivity index (χ1n) is 5.01. The molecule has 1 aliphatic rings. The molecule has 0 unspecified atom stereocenters. The summed E-state index contributed by atoms with van der Waals surface area (Å²) in [7, 11) is 0. The summed E-state index contributed by atoms with van der Waals surface area (Å²) in [5.41, 5.74) is 0.607. The smallest absolute Gasteiger partial charge is 0.270 e. The SMILES string of the molecule is CC(C)c1nc2c(c(=O)[nH]1)CCNC2=O. The molecular formula is C10H13N3O2. The number of nitrogens with zero attached hydrogens (tertiary/aromatic N) is 1. The van der Waals surface area contributed by atoms with Crippen molar-refractivity contribution in [3.8, 4) is 0 Å². The van der Waals surface area contributed by atoms with Gasteiger partial charge in [0.25, 0.3) is 11.5 Å². The van der Waals surface area contributed by atoms with Gasteiger partial charge in [-0.1, -0.05) is 13.8 Å². The van der Waals surface area contributed by atoms with Crippen LogP contribution >= 0.6 is 0 Å². The maximum absolute atomic E-state index is 11.7. The lowest BCUT2D eigenvalue weighted by molar-refractivity contribution is 0.0939. The Morgan fingerprint density at radius 2 is 2.07 bits per heavy atom. The first kappa shape index (κ1) is 9.89. The number of aromatic amines is 1. The van der Waals surface area contributed by atoms with Crippen molar-refractivity contribution in [2.75, 3.05) is 6.54 Å². The number of H-pyrrole nitrogens is 1. The molecule has 15 heavy (non-hydrogen) atoms. The van der Waals surface area contributed by atoms with Crippen molar-refractivity contribution in [1.29, 1.82) is 0 Å². The number of aromatic nitrogens is 2. The largest absolute Gasteiger partial charge is 0.350 e. The lowest BCUT2D eigenvalue weighted by Gasteiger charge is -2.16. The monoisotopic (exact) mass is 207 g/mol. The van der Waals surface area contributed by atoms with Crippen molar-refractivity contribution < 1.29 is 4.79 Å². The molecule has 0 radical (unpaired) electrons. The van der Waals surface area contributed by atoms with Crippen LogP contribution in [0, 0.1) is 0 Å². The van der Waals surface area contributed by atoms with Crippen LogP contribution in [0.5, 0.6) is 0 Å². The van der Waals surface area contributed by atoms with Crippen molar-refractivity contribution >= 4 is 5.91 Å². The van der Waals surface area contributed by atoms with E-state index in [9.17, 15) is 9.59 Å². The number of fused-ring (bicyclic) bond motifs is 1. The van der Waals surface area contributed by atoms with Gasteiger partial charge in [0.15, 0.2) is 0 Å². The van der Waals surface area contributed by atoms with E-state index in [4.69, 9.17) is 0 Å². The third kappa shape index (κ3) is 1.65. The molecule has 0 spiro atoms. The highest BCUT2D eigenvalue weighted by Gasteiger charge is 2.22. The van der Waals surface area contributed by atoms with Gasteiger partial charge < -0.3 is 10.3 Å². The average molecular weight is 207 g/mol. The van der Waals surface area contributed by atoms with Gasteiger partial charge in [0, 0.05) is 12.5 Å². The number of hydrogen-bond donors (Lipinski definition) is 2. The van der Waals surface area contributed by atoms with Gasteiger partial charge in [-0.25, -0.2) is 4.98 Å². The second-order valence-corrected chi connectivity index (χ2v) is 3.94. The lowest BCUT2D eigenvalue weighted by Crippen LogP contribution is -2.37. The third-order valence-corrected chi connectivity index (χ3v) is 2.46. The molecule has 80 valence electrons. The molecule has 1 amide bonds. The van der Waals surface area contributed by atoms with Crippen molar-refractivity contribution in [1.82, 2.24) is 15.3 Å². The third-order valence-electron chi connectivity index (χ3n) is 2.46. The van der Waals surface area contributed by atoms with Crippen LogP contribution in [0.25, 0.3) is 0 Å². The van der Waals surface area contributed by atoms with E-state index in [1.165, 1.54) is 0 Å². The van der Waals surface area contributed by atoms with Crippen LogP contribution in [0.2, 0.25) is 0 Å². The summed E-state index contributed by atoms with van der Waals surface area (Å²) in [4.78, 5) is 30.0. The van der Waals surface area contributed by atoms with Gasteiger partial charge >= 0.3 is 0 Å². The van der Waals surface area contributed by atoms with E-state index in [0.29, 0.717) is 24.4 Å². The van der Waals surface area contributed by atoms with Gasteiger partial charge in [-0.15, -0.1) is 0 Å². The minimum atomic E-state index is -0.246. The van der Waals surface area contributed by atoms with Gasteiger partial charge in [0.2, 0.25) is 0 Å². The molecule has 1 aromatic rings. The quantitative estimate of drug-likeness (QED) is 0.689. The fourth-order valence-corrected chi connectivity index (χ4v) is 1.59. The predicted molar refractivity (Wildman–Crippen MR) is 55.0 cm³/mol. The highest BCUT2D eigenvalue weighted by molar-refractivity contribution is 5.94. The summed E-state index contributed by atoms with van der Waals surface area (Å²) >= 11 is 0. The molecule has 2 heterocycles. The summed E-state index contributed by atoms with van der Waals surface area (Å²) in [5.74, 6) is 0.428. The fraction of sp³-hybridized carbons (Fsp3) is 0.500. The maximum atomic E-state index is 11.7. The van der Waals surface area contributed by atoms with E-state index in [2.05, 4.69) is 15.3 Å². The number of rotatable bonds is 1. The number of amides is 1. The molecule has 0 atom stereocenters.